The molecule has 1 rings (SSSR count). The molecule has 2 atom stereocenters. The standard InChI is InChI=1S/C16H27BrN2O2S/c1-10(2)13(8-18-15(20)21-16(4,5)6)19-11(3)14-7-12(17)9-22-14/h7,9-11,13,19H,8H2,1-6H3,(H,18,20). The Morgan fingerprint density at radius 2 is 2.00 bits per heavy atom. The summed E-state index contributed by atoms with van der Waals surface area (Å²) in [6, 6.07) is 2.55. The first-order valence-corrected chi connectivity index (χ1v) is 9.22. The van der Waals surface area contributed by atoms with E-state index < -0.39 is 5.60 Å². The Hall–Kier alpha value is -0.590. The molecule has 1 amide bonds. The van der Waals surface area contributed by atoms with Gasteiger partial charge >= 0.3 is 6.09 Å². The van der Waals surface area contributed by atoms with Crippen LogP contribution in [0.1, 0.15) is 52.5 Å². The van der Waals surface area contributed by atoms with Crippen molar-refractivity contribution in [2.45, 2.75) is 59.2 Å². The van der Waals surface area contributed by atoms with E-state index >= 15 is 0 Å². The summed E-state index contributed by atoms with van der Waals surface area (Å²) in [5.74, 6) is 0.404. The van der Waals surface area contributed by atoms with Gasteiger partial charge in [-0.1, -0.05) is 13.8 Å². The van der Waals surface area contributed by atoms with Crippen molar-refractivity contribution in [3.63, 3.8) is 0 Å². The molecule has 4 nitrogen and oxygen atoms in total. The van der Waals surface area contributed by atoms with E-state index in [1.54, 1.807) is 11.3 Å². The zero-order chi connectivity index (χ0) is 16.9. The summed E-state index contributed by atoms with van der Waals surface area (Å²) in [6.07, 6.45) is -0.369. The smallest absolute Gasteiger partial charge is 0.407 e. The van der Waals surface area contributed by atoms with E-state index in [0.717, 1.165) is 4.47 Å². The molecule has 1 aromatic heterocycles. The largest absolute Gasteiger partial charge is 0.444 e. The van der Waals surface area contributed by atoms with Gasteiger partial charge < -0.3 is 15.4 Å². The average molecular weight is 391 g/mol. The van der Waals surface area contributed by atoms with E-state index in [1.165, 1.54) is 4.88 Å². The lowest BCUT2D eigenvalue weighted by Gasteiger charge is -2.27. The van der Waals surface area contributed by atoms with Gasteiger partial charge in [0.1, 0.15) is 5.60 Å². The number of nitrogens with one attached hydrogen (secondary N) is 2. The minimum absolute atomic E-state index is 0.184. The molecule has 0 saturated carbocycles. The van der Waals surface area contributed by atoms with Gasteiger partial charge in [-0.2, -0.15) is 0 Å². The predicted molar refractivity (Wildman–Crippen MR) is 96.4 cm³/mol. The fraction of sp³-hybridized carbons (Fsp3) is 0.688. The summed E-state index contributed by atoms with van der Waals surface area (Å²) in [5, 5.41) is 8.52. The number of alkyl carbamates (subject to hydrolysis) is 1. The number of carbonyl (C=O) groups is 1. The zero-order valence-corrected chi connectivity index (χ0v) is 16.6. The number of halogens is 1. The highest BCUT2D eigenvalue weighted by Gasteiger charge is 2.21. The molecule has 0 bridgehead atoms. The average Bonchev–Trinajstić information content (AvgIpc) is 2.78. The second-order valence-electron chi connectivity index (χ2n) is 6.79. The predicted octanol–water partition coefficient (Wildman–Crippen LogP) is 4.71. The molecule has 0 fully saturated rings. The van der Waals surface area contributed by atoms with Crippen molar-refractivity contribution in [2.24, 2.45) is 5.92 Å². The van der Waals surface area contributed by atoms with Crippen LogP contribution in [0.2, 0.25) is 0 Å². The number of thiophene rings is 1. The van der Waals surface area contributed by atoms with Gasteiger partial charge in [0.15, 0.2) is 0 Å². The second kappa shape index (κ2) is 8.31. The summed E-state index contributed by atoms with van der Waals surface area (Å²) >= 11 is 5.20. The summed E-state index contributed by atoms with van der Waals surface area (Å²) < 4.78 is 6.38. The van der Waals surface area contributed by atoms with Crippen LogP contribution in [0.25, 0.3) is 0 Å². The van der Waals surface area contributed by atoms with Crippen molar-refractivity contribution in [2.75, 3.05) is 6.54 Å². The third kappa shape index (κ3) is 7.11. The van der Waals surface area contributed by atoms with Crippen LogP contribution in [0.5, 0.6) is 0 Å². The highest BCUT2D eigenvalue weighted by molar-refractivity contribution is 9.10. The molecule has 22 heavy (non-hydrogen) atoms. The lowest BCUT2D eigenvalue weighted by atomic mass is 10.0. The molecule has 1 heterocycles. The molecule has 6 heteroatoms. The van der Waals surface area contributed by atoms with Gasteiger partial charge in [0.05, 0.1) is 0 Å². The quantitative estimate of drug-likeness (QED) is 0.738. The van der Waals surface area contributed by atoms with Crippen LogP contribution in [-0.2, 0) is 4.74 Å². The van der Waals surface area contributed by atoms with Crippen LogP contribution in [0.4, 0.5) is 4.79 Å². The fourth-order valence-corrected chi connectivity index (χ4v) is 3.42. The molecule has 0 aromatic carbocycles. The zero-order valence-electron chi connectivity index (χ0n) is 14.2. The number of hydrogen-bond acceptors (Lipinski definition) is 4. The SMILES string of the molecule is CC(NC(CNC(=O)OC(C)(C)C)C(C)C)c1cc(Br)cs1. The van der Waals surface area contributed by atoms with E-state index in [1.807, 2.05) is 20.8 Å². The Bertz CT molecular complexity index is 483. The van der Waals surface area contributed by atoms with Crippen LogP contribution < -0.4 is 10.6 Å². The Morgan fingerprint density at radius 3 is 2.45 bits per heavy atom. The monoisotopic (exact) mass is 390 g/mol. The maximum Gasteiger partial charge on any atom is 0.407 e. The van der Waals surface area contributed by atoms with Crippen LogP contribution in [0.3, 0.4) is 0 Å². The molecule has 1 aromatic rings. The summed E-state index contributed by atoms with van der Waals surface area (Å²) in [7, 11) is 0. The molecular weight excluding hydrogens is 364 g/mol. The maximum atomic E-state index is 11.8. The highest BCUT2D eigenvalue weighted by atomic mass is 79.9. The Kier molecular flexibility index (Phi) is 7.35. The highest BCUT2D eigenvalue weighted by Crippen LogP contribution is 2.26. The third-order valence-electron chi connectivity index (χ3n) is 3.15. The molecule has 0 radical (unpaired) electrons. The van der Waals surface area contributed by atoms with Crippen molar-refractivity contribution >= 4 is 33.4 Å². The number of carbonyl (C=O) groups excluding carboxylic acids is 1. The fourth-order valence-electron chi connectivity index (χ4n) is 1.95. The maximum absolute atomic E-state index is 11.8. The summed E-state index contributed by atoms with van der Waals surface area (Å²) in [6.45, 7) is 12.6. The van der Waals surface area contributed by atoms with Gasteiger partial charge in [-0.25, -0.2) is 4.79 Å². The van der Waals surface area contributed by atoms with Crippen molar-refractivity contribution in [3.05, 3.63) is 20.8 Å². The number of amides is 1. The number of hydrogen-bond donors (Lipinski definition) is 2. The van der Waals surface area contributed by atoms with Gasteiger partial charge in [0.25, 0.3) is 0 Å². The first-order valence-electron chi connectivity index (χ1n) is 7.55. The molecule has 0 aliphatic rings. The van der Waals surface area contributed by atoms with Gasteiger partial charge in [0, 0.05) is 33.4 Å². The molecule has 0 saturated heterocycles. The van der Waals surface area contributed by atoms with Gasteiger partial charge in [0.2, 0.25) is 0 Å². The third-order valence-corrected chi connectivity index (χ3v) is 5.02. The van der Waals surface area contributed by atoms with Gasteiger partial charge in [-0.15, -0.1) is 11.3 Å². The molecule has 0 aliphatic carbocycles. The van der Waals surface area contributed by atoms with Crippen molar-refractivity contribution < 1.29 is 9.53 Å². The van der Waals surface area contributed by atoms with Crippen LogP contribution in [-0.4, -0.2) is 24.3 Å². The van der Waals surface area contributed by atoms with E-state index in [4.69, 9.17) is 4.74 Å². The van der Waals surface area contributed by atoms with E-state index in [-0.39, 0.29) is 18.2 Å². The topological polar surface area (TPSA) is 50.4 Å². The molecule has 126 valence electrons. The Labute approximate surface area is 146 Å². The van der Waals surface area contributed by atoms with Crippen LogP contribution >= 0.6 is 27.3 Å². The second-order valence-corrected chi connectivity index (χ2v) is 8.65. The first kappa shape index (κ1) is 19.5. The lowest BCUT2D eigenvalue weighted by molar-refractivity contribution is 0.0518. The molecule has 0 aliphatic heterocycles. The Morgan fingerprint density at radius 1 is 1.36 bits per heavy atom. The van der Waals surface area contributed by atoms with Gasteiger partial charge in [-0.3, -0.25) is 0 Å². The molecule has 0 spiro atoms. The lowest BCUT2D eigenvalue weighted by Crippen LogP contribution is -2.46. The van der Waals surface area contributed by atoms with Gasteiger partial charge in [-0.05, 0) is 55.6 Å². The molecular formula is C16H27BrN2O2S. The first-order chi connectivity index (χ1) is 10.1. The molecule has 2 N–H and O–H groups in total. The van der Waals surface area contributed by atoms with Crippen LogP contribution in [0, 0.1) is 5.92 Å². The Balaban J connectivity index is 2.53. The van der Waals surface area contributed by atoms with E-state index in [2.05, 4.69) is 58.8 Å². The van der Waals surface area contributed by atoms with Crippen LogP contribution in [0.15, 0.2) is 15.9 Å². The van der Waals surface area contributed by atoms with Crippen molar-refractivity contribution in [3.8, 4) is 0 Å². The molecule has 2 unspecified atom stereocenters. The summed E-state index contributed by atoms with van der Waals surface area (Å²) in [5.41, 5.74) is -0.471. The minimum atomic E-state index is -0.471. The van der Waals surface area contributed by atoms with Crippen molar-refractivity contribution in [1.82, 2.24) is 10.6 Å². The van der Waals surface area contributed by atoms with E-state index in [0.29, 0.717) is 12.5 Å². The minimum Gasteiger partial charge on any atom is -0.444 e. The summed E-state index contributed by atoms with van der Waals surface area (Å²) in [4.78, 5) is 13.1. The number of rotatable bonds is 6. The van der Waals surface area contributed by atoms with E-state index in [9.17, 15) is 4.79 Å². The van der Waals surface area contributed by atoms with Crippen molar-refractivity contribution in [1.29, 1.82) is 0 Å². The number of ether oxygens (including phenoxy) is 1. The normalized spacial score (nSPS) is 14.7.